The number of hydrogen-bond acceptors (Lipinski definition) is 3. The van der Waals surface area contributed by atoms with Crippen molar-refractivity contribution in [2.45, 2.75) is 19.5 Å². The zero-order valence-corrected chi connectivity index (χ0v) is 12.8. The third-order valence-electron chi connectivity index (χ3n) is 2.98. The van der Waals surface area contributed by atoms with E-state index in [1.807, 2.05) is 35.0 Å². The van der Waals surface area contributed by atoms with Crippen LogP contribution in [0, 0.1) is 0 Å². The predicted molar refractivity (Wildman–Crippen MR) is 79.3 cm³/mol. The van der Waals surface area contributed by atoms with Crippen LogP contribution in [0.25, 0.3) is 10.9 Å². The predicted octanol–water partition coefficient (Wildman–Crippen LogP) is 2.08. The smallest absolute Gasteiger partial charge is 0.330 e. The molecule has 1 heterocycles. The molecule has 0 saturated heterocycles. The molecule has 1 amide bonds. The quantitative estimate of drug-likeness (QED) is 0.868. The van der Waals surface area contributed by atoms with Crippen LogP contribution in [-0.2, 0) is 20.9 Å². The molecule has 0 aliphatic carbocycles. The van der Waals surface area contributed by atoms with Crippen molar-refractivity contribution in [3.8, 4) is 0 Å². The molecule has 0 aliphatic rings. The number of amides is 1. The first kappa shape index (κ1) is 14.6. The van der Waals surface area contributed by atoms with E-state index >= 15 is 0 Å². The van der Waals surface area contributed by atoms with Crippen molar-refractivity contribution in [2.75, 3.05) is 7.11 Å². The molecule has 0 aliphatic heterocycles. The summed E-state index contributed by atoms with van der Waals surface area (Å²) < 4.78 is 7.63. The van der Waals surface area contributed by atoms with E-state index in [0.29, 0.717) is 6.54 Å². The molecule has 1 atom stereocenters. The fourth-order valence-corrected chi connectivity index (χ4v) is 2.47. The fraction of sp³-hybridized carbons (Fsp3) is 0.286. The highest BCUT2D eigenvalue weighted by atomic mass is 79.9. The standard InChI is InChI=1S/C14H15BrN2O3/c1-9(18)16-12(14(19)20-2)8-17-6-5-10-7-11(15)3-4-13(10)17/h3-7,12H,8H2,1-2H3,(H,16,18). The molecular formula is C14H15BrN2O3. The van der Waals surface area contributed by atoms with Gasteiger partial charge in [0.25, 0.3) is 0 Å². The van der Waals surface area contributed by atoms with E-state index in [-0.39, 0.29) is 5.91 Å². The molecule has 20 heavy (non-hydrogen) atoms. The van der Waals surface area contributed by atoms with E-state index in [9.17, 15) is 9.59 Å². The second kappa shape index (κ2) is 6.09. The van der Waals surface area contributed by atoms with Gasteiger partial charge < -0.3 is 14.6 Å². The lowest BCUT2D eigenvalue weighted by molar-refractivity contribution is -0.145. The van der Waals surface area contributed by atoms with Gasteiger partial charge in [0.05, 0.1) is 13.7 Å². The summed E-state index contributed by atoms with van der Waals surface area (Å²) in [7, 11) is 1.31. The van der Waals surface area contributed by atoms with E-state index < -0.39 is 12.0 Å². The van der Waals surface area contributed by atoms with Gasteiger partial charge in [-0.2, -0.15) is 0 Å². The third kappa shape index (κ3) is 3.19. The number of hydrogen-bond donors (Lipinski definition) is 1. The number of esters is 1. The third-order valence-corrected chi connectivity index (χ3v) is 3.47. The molecule has 1 unspecified atom stereocenters. The Morgan fingerprint density at radius 3 is 2.80 bits per heavy atom. The van der Waals surface area contributed by atoms with Gasteiger partial charge in [0.15, 0.2) is 0 Å². The number of nitrogens with one attached hydrogen (secondary N) is 1. The number of carbonyl (C=O) groups excluding carboxylic acids is 2. The Kier molecular flexibility index (Phi) is 4.44. The van der Waals surface area contributed by atoms with Gasteiger partial charge in [-0.25, -0.2) is 4.79 Å². The van der Waals surface area contributed by atoms with Gasteiger partial charge in [0, 0.05) is 28.5 Å². The van der Waals surface area contributed by atoms with Gasteiger partial charge in [-0.1, -0.05) is 15.9 Å². The largest absolute Gasteiger partial charge is 0.467 e. The van der Waals surface area contributed by atoms with Crippen molar-refractivity contribution in [1.82, 2.24) is 9.88 Å². The Labute approximate surface area is 125 Å². The van der Waals surface area contributed by atoms with E-state index in [4.69, 9.17) is 4.74 Å². The van der Waals surface area contributed by atoms with Crippen molar-refractivity contribution in [3.63, 3.8) is 0 Å². The van der Waals surface area contributed by atoms with Crippen molar-refractivity contribution in [1.29, 1.82) is 0 Å². The molecule has 1 aromatic heterocycles. The number of ether oxygens (including phenoxy) is 1. The summed E-state index contributed by atoms with van der Waals surface area (Å²) in [5, 5.41) is 3.66. The summed E-state index contributed by atoms with van der Waals surface area (Å²) in [5.74, 6) is -0.723. The average Bonchev–Trinajstić information content (AvgIpc) is 2.78. The molecule has 0 bridgehead atoms. The molecule has 5 nitrogen and oxygen atoms in total. The first-order valence-corrected chi connectivity index (χ1v) is 6.90. The fourth-order valence-electron chi connectivity index (χ4n) is 2.09. The SMILES string of the molecule is COC(=O)C(Cn1ccc2cc(Br)ccc21)NC(C)=O. The lowest BCUT2D eigenvalue weighted by Crippen LogP contribution is -2.43. The molecule has 0 spiro atoms. The minimum Gasteiger partial charge on any atom is -0.467 e. The van der Waals surface area contributed by atoms with Gasteiger partial charge in [-0.05, 0) is 24.3 Å². The minimum atomic E-state index is -0.697. The summed E-state index contributed by atoms with van der Waals surface area (Å²) in [6.07, 6.45) is 1.88. The highest BCUT2D eigenvalue weighted by molar-refractivity contribution is 9.10. The van der Waals surface area contributed by atoms with Gasteiger partial charge in [-0.15, -0.1) is 0 Å². The Balaban J connectivity index is 2.28. The maximum Gasteiger partial charge on any atom is 0.330 e. The summed E-state index contributed by atoms with van der Waals surface area (Å²) in [6.45, 7) is 1.71. The first-order valence-electron chi connectivity index (χ1n) is 6.10. The summed E-state index contributed by atoms with van der Waals surface area (Å²) in [6, 6.07) is 7.16. The number of carbonyl (C=O) groups is 2. The van der Waals surface area contributed by atoms with Crippen LogP contribution in [0.15, 0.2) is 34.9 Å². The lowest BCUT2D eigenvalue weighted by atomic mass is 10.2. The molecule has 0 saturated carbocycles. The van der Waals surface area contributed by atoms with Crippen molar-refractivity contribution in [2.24, 2.45) is 0 Å². The molecule has 1 N–H and O–H groups in total. The number of rotatable bonds is 4. The van der Waals surface area contributed by atoms with E-state index in [1.54, 1.807) is 0 Å². The first-order chi connectivity index (χ1) is 9.51. The molecule has 106 valence electrons. The van der Waals surface area contributed by atoms with Crippen LogP contribution in [0.4, 0.5) is 0 Å². The number of halogens is 1. The molecule has 0 radical (unpaired) electrons. The Morgan fingerprint density at radius 1 is 1.40 bits per heavy atom. The molecule has 6 heteroatoms. The highest BCUT2D eigenvalue weighted by Gasteiger charge is 2.21. The number of nitrogens with zero attached hydrogens (tertiary/aromatic N) is 1. The molecule has 2 rings (SSSR count). The number of benzene rings is 1. The van der Waals surface area contributed by atoms with Crippen molar-refractivity contribution in [3.05, 3.63) is 34.9 Å². The van der Waals surface area contributed by atoms with Crippen molar-refractivity contribution < 1.29 is 14.3 Å². The number of methoxy groups -OCH3 is 1. The molecule has 0 fully saturated rings. The van der Waals surface area contributed by atoms with Crippen LogP contribution in [0.1, 0.15) is 6.92 Å². The molecule has 2 aromatic rings. The highest BCUT2D eigenvalue weighted by Crippen LogP contribution is 2.21. The topological polar surface area (TPSA) is 60.3 Å². The summed E-state index contributed by atoms with van der Waals surface area (Å²) >= 11 is 3.42. The van der Waals surface area contributed by atoms with Gasteiger partial charge in [0.2, 0.25) is 5.91 Å². The minimum absolute atomic E-state index is 0.264. The maximum absolute atomic E-state index is 11.7. The van der Waals surface area contributed by atoms with Crippen LogP contribution in [0.3, 0.4) is 0 Å². The Hall–Kier alpha value is -1.82. The van der Waals surface area contributed by atoms with E-state index in [0.717, 1.165) is 15.4 Å². The number of aromatic nitrogens is 1. The van der Waals surface area contributed by atoms with Gasteiger partial charge >= 0.3 is 5.97 Å². The van der Waals surface area contributed by atoms with Gasteiger partial charge in [-0.3, -0.25) is 4.79 Å². The molecular weight excluding hydrogens is 324 g/mol. The summed E-state index contributed by atoms with van der Waals surface area (Å²) in [4.78, 5) is 22.9. The molecule has 1 aromatic carbocycles. The lowest BCUT2D eigenvalue weighted by Gasteiger charge is -2.16. The average molecular weight is 339 g/mol. The van der Waals surface area contributed by atoms with Gasteiger partial charge in [0.1, 0.15) is 6.04 Å². The summed E-state index contributed by atoms with van der Waals surface area (Å²) in [5.41, 5.74) is 0.993. The Bertz CT molecular complexity index is 651. The number of fused-ring (bicyclic) bond motifs is 1. The van der Waals surface area contributed by atoms with Crippen LogP contribution >= 0.6 is 15.9 Å². The van der Waals surface area contributed by atoms with Crippen LogP contribution in [0.5, 0.6) is 0 Å². The maximum atomic E-state index is 11.7. The normalized spacial score (nSPS) is 12.2. The van der Waals surface area contributed by atoms with E-state index in [1.165, 1.54) is 14.0 Å². The monoisotopic (exact) mass is 338 g/mol. The van der Waals surface area contributed by atoms with Crippen LogP contribution in [0.2, 0.25) is 0 Å². The zero-order valence-electron chi connectivity index (χ0n) is 11.2. The Morgan fingerprint density at radius 2 is 2.15 bits per heavy atom. The van der Waals surface area contributed by atoms with E-state index in [2.05, 4.69) is 21.2 Å². The van der Waals surface area contributed by atoms with Crippen molar-refractivity contribution >= 4 is 38.7 Å². The zero-order chi connectivity index (χ0) is 14.7. The second-order valence-corrected chi connectivity index (χ2v) is 5.36. The van der Waals surface area contributed by atoms with Crippen LogP contribution < -0.4 is 5.32 Å². The van der Waals surface area contributed by atoms with Crippen LogP contribution in [-0.4, -0.2) is 29.6 Å². The second-order valence-electron chi connectivity index (χ2n) is 4.45.